The summed E-state index contributed by atoms with van der Waals surface area (Å²) in [6.45, 7) is 10.6. The highest BCUT2D eigenvalue weighted by Crippen LogP contribution is 2.30. The van der Waals surface area contributed by atoms with Crippen molar-refractivity contribution in [2.75, 3.05) is 32.8 Å². The minimum atomic E-state index is 0.873. The fourth-order valence-electron chi connectivity index (χ4n) is 5.14. The number of para-hydroxylation sites is 1. The number of nitrogens with zero attached hydrogens (tertiary/aromatic N) is 1. The van der Waals surface area contributed by atoms with E-state index >= 15 is 0 Å². The molecule has 1 saturated heterocycles. The van der Waals surface area contributed by atoms with Gasteiger partial charge in [-0.15, -0.1) is 0 Å². The van der Waals surface area contributed by atoms with E-state index < -0.39 is 0 Å². The van der Waals surface area contributed by atoms with Crippen LogP contribution in [0.15, 0.2) is 18.2 Å². The molecular formula is C23H38NO+. The Kier molecular flexibility index (Phi) is 6.81. The number of rotatable bonds is 6. The Hall–Kier alpha value is -1.02. The second-order valence-corrected chi connectivity index (χ2v) is 8.68. The maximum Gasteiger partial charge on any atom is 0.137 e. The van der Waals surface area contributed by atoms with Crippen molar-refractivity contribution >= 4 is 0 Å². The van der Waals surface area contributed by atoms with E-state index in [4.69, 9.17) is 4.74 Å². The first-order valence-electron chi connectivity index (χ1n) is 10.7. The molecular weight excluding hydrogens is 306 g/mol. The molecule has 25 heavy (non-hydrogen) atoms. The summed E-state index contributed by atoms with van der Waals surface area (Å²) in [7, 11) is 0. The van der Waals surface area contributed by atoms with Crippen LogP contribution in [0.3, 0.4) is 0 Å². The Morgan fingerprint density at radius 3 is 2.12 bits per heavy atom. The molecule has 0 atom stereocenters. The Bertz CT molecular complexity index is 505. The molecule has 0 spiro atoms. The SMILES string of the molecule is Cc1cccc(C)c1OCC[N+]1(CC2CCCC2)CCCCCCC1. The van der Waals surface area contributed by atoms with Gasteiger partial charge in [-0.2, -0.15) is 0 Å². The maximum absolute atomic E-state index is 6.32. The molecule has 1 aliphatic carbocycles. The van der Waals surface area contributed by atoms with Gasteiger partial charge in [0.25, 0.3) is 0 Å². The summed E-state index contributed by atoms with van der Waals surface area (Å²) in [5.74, 6) is 2.09. The van der Waals surface area contributed by atoms with Crippen molar-refractivity contribution in [3.8, 4) is 5.75 Å². The molecule has 1 aliphatic heterocycles. The van der Waals surface area contributed by atoms with Gasteiger partial charge in [-0.05, 0) is 63.5 Å². The normalized spacial score (nSPS) is 21.7. The number of likely N-dealkylation sites (tertiary alicyclic amines) is 1. The lowest BCUT2D eigenvalue weighted by Crippen LogP contribution is -2.54. The van der Waals surface area contributed by atoms with Crippen molar-refractivity contribution in [3.05, 3.63) is 29.3 Å². The minimum Gasteiger partial charge on any atom is -0.487 e. The van der Waals surface area contributed by atoms with Crippen molar-refractivity contribution < 1.29 is 9.22 Å². The third-order valence-corrected chi connectivity index (χ3v) is 6.61. The van der Waals surface area contributed by atoms with Gasteiger partial charge in [-0.3, -0.25) is 0 Å². The molecule has 1 saturated carbocycles. The predicted molar refractivity (Wildman–Crippen MR) is 106 cm³/mol. The zero-order valence-electron chi connectivity index (χ0n) is 16.6. The van der Waals surface area contributed by atoms with E-state index in [1.807, 2.05) is 0 Å². The highest BCUT2D eigenvalue weighted by atomic mass is 16.5. The monoisotopic (exact) mass is 344 g/mol. The van der Waals surface area contributed by atoms with Crippen LogP contribution in [0.25, 0.3) is 0 Å². The van der Waals surface area contributed by atoms with Crippen LogP contribution in [0, 0.1) is 19.8 Å². The molecule has 0 bridgehead atoms. The fourth-order valence-corrected chi connectivity index (χ4v) is 5.14. The molecule has 3 rings (SSSR count). The summed E-state index contributed by atoms with van der Waals surface area (Å²) in [4.78, 5) is 0. The minimum absolute atomic E-state index is 0.873. The third kappa shape index (κ3) is 5.23. The molecule has 2 nitrogen and oxygen atoms in total. The predicted octanol–water partition coefficient (Wildman–Crippen LogP) is 5.65. The molecule has 0 N–H and O–H groups in total. The molecule has 2 heteroatoms. The molecule has 1 aromatic rings. The van der Waals surface area contributed by atoms with Crippen LogP contribution in [0.5, 0.6) is 5.75 Å². The Balaban J connectivity index is 1.63. The van der Waals surface area contributed by atoms with Gasteiger partial charge in [-0.25, -0.2) is 0 Å². The first-order valence-corrected chi connectivity index (χ1v) is 10.7. The molecule has 140 valence electrons. The third-order valence-electron chi connectivity index (χ3n) is 6.61. The summed E-state index contributed by atoms with van der Waals surface area (Å²) in [6.07, 6.45) is 13.0. The van der Waals surface area contributed by atoms with Crippen LogP contribution >= 0.6 is 0 Å². The average molecular weight is 345 g/mol. The highest BCUT2D eigenvalue weighted by molar-refractivity contribution is 5.39. The van der Waals surface area contributed by atoms with Crippen molar-refractivity contribution in [1.82, 2.24) is 0 Å². The van der Waals surface area contributed by atoms with Crippen molar-refractivity contribution in [3.63, 3.8) is 0 Å². The lowest BCUT2D eigenvalue weighted by atomic mass is 10.0. The maximum atomic E-state index is 6.32. The smallest absolute Gasteiger partial charge is 0.137 e. The first kappa shape index (κ1) is 18.8. The zero-order valence-corrected chi connectivity index (χ0v) is 16.6. The summed E-state index contributed by atoms with van der Waals surface area (Å²) < 4.78 is 7.65. The number of benzene rings is 1. The molecule has 1 heterocycles. The number of hydrogen-bond acceptors (Lipinski definition) is 1. The number of ether oxygens (including phenoxy) is 1. The molecule has 1 aromatic carbocycles. The van der Waals surface area contributed by atoms with Crippen molar-refractivity contribution in [2.24, 2.45) is 5.92 Å². The van der Waals surface area contributed by atoms with Gasteiger partial charge in [0, 0.05) is 5.92 Å². The molecule has 0 unspecified atom stereocenters. The van der Waals surface area contributed by atoms with E-state index in [9.17, 15) is 0 Å². The Morgan fingerprint density at radius 2 is 1.48 bits per heavy atom. The topological polar surface area (TPSA) is 9.23 Å². The molecule has 0 aromatic heterocycles. The standard InChI is InChI=1S/C23H38NO/c1-20-11-10-12-21(2)23(20)25-18-17-24(19-22-13-6-7-14-22)15-8-4-3-5-9-16-24/h10-12,22H,3-9,13-19H2,1-2H3/q+1. The van der Waals surface area contributed by atoms with Crippen molar-refractivity contribution in [1.29, 1.82) is 0 Å². The number of hydrogen-bond donors (Lipinski definition) is 0. The summed E-state index contributed by atoms with van der Waals surface area (Å²) in [5.41, 5.74) is 2.55. The average Bonchev–Trinajstić information content (AvgIpc) is 3.07. The van der Waals surface area contributed by atoms with Crippen LogP contribution in [-0.2, 0) is 0 Å². The van der Waals surface area contributed by atoms with Gasteiger partial charge < -0.3 is 9.22 Å². The number of quaternary nitrogens is 1. The van der Waals surface area contributed by atoms with Crippen LogP contribution in [0.4, 0.5) is 0 Å². The summed E-state index contributed by atoms with van der Waals surface area (Å²) in [6, 6.07) is 6.46. The fraction of sp³-hybridized carbons (Fsp3) is 0.739. The Labute approximate surface area is 155 Å². The van der Waals surface area contributed by atoms with E-state index in [0.29, 0.717) is 0 Å². The van der Waals surface area contributed by atoms with Gasteiger partial charge in [-0.1, -0.05) is 37.5 Å². The van der Waals surface area contributed by atoms with E-state index in [1.54, 1.807) is 0 Å². The van der Waals surface area contributed by atoms with Crippen LogP contribution in [0.2, 0.25) is 0 Å². The second-order valence-electron chi connectivity index (χ2n) is 8.68. The van der Waals surface area contributed by atoms with Gasteiger partial charge in [0.15, 0.2) is 0 Å². The van der Waals surface area contributed by atoms with Crippen LogP contribution in [-0.4, -0.2) is 37.3 Å². The molecule has 2 fully saturated rings. The highest BCUT2D eigenvalue weighted by Gasteiger charge is 2.32. The zero-order chi connectivity index (χ0) is 17.5. The lowest BCUT2D eigenvalue weighted by Gasteiger charge is -2.41. The lowest BCUT2D eigenvalue weighted by molar-refractivity contribution is -0.932. The largest absolute Gasteiger partial charge is 0.487 e. The Morgan fingerprint density at radius 1 is 0.880 bits per heavy atom. The van der Waals surface area contributed by atoms with Gasteiger partial charge in [0.05, 0.1) is 19.6 Å². The molecule has 0 amide bonds. The van der Waals surface area contributed by atoms with Gasteiger partial charge in [0.2, 0.25) is 0 Å². The van der Waals surface area contributed by atoms with Crippen molar-refractivity contribution in [2.45, 2.75) is 71.6 Å². The molecule has 0 radical (unpaired) electrons. The second kappa shape index (κ2) is 9.07. The van der Waals surface area contributed by atoms with E-state index in [2.05, 4.69) is 32.0 Å². The van der Waals surface area contributed by atoms with Gasteiger partial charge in [0.1, 0.15) is 18.9 Å². The van der Waals surface area contributed by atoms with E-state index in [1.165, 1.54) is 99.6 Å². The first-order chi connectivity index (χ1) is 12.2. The summed E-state index contributed by atoms with van der Waals surface area (Å²) >= 11 is 0. The van der Waals surface area contributed by atoms with E-state index in [0.717, 1.165) is 18.3 Å². The van der Waals surface area contributed by atoms with Crippen LogP contribution in [0.1, 0.15) is 68.9 Å². The number of aryl methyl sites for hydroxylation is 2. The van der Waals surface area contributed by atoms with Gasteiger partial charge >= 0.3 is 0 Å². The quantitative estimate of drug-likeness (QED) is 0.606. The molecule has 2 aliphatic rings. The van der Waals surface area contributed by atoms with Crippen LogP contribution < -0.4 is 4.74 Å². The van der Waals surface area contributed by atoms with E-state index in [-0.39, 0.29) is 0 Å². The summed E-state index contributed by atoms with van der Waals surface area (Å²) in [5, 5.41) is 0.